The first-order chi connectivity index (χ1) is 15.0. The minimum absolute atomic E-state index is 0.207. The Hall–Kier alpha value is -2.57. The molecular formula is C25H33N3O3. The average molecular weight is 424 g/mol. The highest BCUT2D eigenvalue weighted by Gasteiger charge is 2.25. The summed E-state index contributed by atoms with van der Waals surface area (Å²) in [6.45, 7) is 14.8. The van der Waals surface area contributed by atoms with Gasteiger partial charge in [-0.3, -0.25) is 14.7 Å². The number of nitrogens with zero attached hydrogens (tertiary/aromatic N) is 3. The first kappa shape index (κ1) is 23.1. The van der Waals surface area contributed by atoms with Crippen molar-refractivity contribution in [3.63, 3.8) is 0 Å². The smallest absolute Gasteiger partial charge is 0.280 e. The number of aromatic nitrogens is 1. The molecule has 1 fully saturated rings. The molecule has 1 amide bonds. The highest BCUT2D eigenvalue weighted by Crippen LogP contribution is 2.34. The molecular weight excluding hydrogens is 390 g/mol. The van der Waals surface area contributed by atoms with E-state index in [2.05, 4.69) is 47.5 Å². The van der Waals surface area contributed by atoms with Crippen LogP contribution < -0.4 is 0 Å². The van der Waals surface area contributed by atoms with Gasteiger partial charge in [-0.2, -0.15) is 4.99 Å². The molecule has 1 aliphatic heterocycles. The molecule has 2 heterocycles. The van der Waals surface area contributed by atoms with Crippen molar-refractivity contribution in [1.29, 1.82) is 0 Å². The molecule has 0 saturated carbocycles. The summed E-state index contributed by atoms with van der Waals surface area (Å²) >= 11 is 0. The van der Waals surface area contributed by atoms with Gasteiger partial charge in [0.15, 0.2) is 0 Å². The Balaban J connectivity index is 1.67. The molecule has 6 heteroatoms. The number of rotatable bonds is 7. The van der Waals surface area contributed by atoms with E-state index in [-0.39, 0.29) is 11.8 Å². The van der Waals surface area contributed by atoms with Crippen LogP contribution in [0.5, 0.6) is 0 Å². The van der Waals surface area contributed by atoms with Crippen LogP contribution >= 0.6 is 0 Å². The van der Waals surface area contributed by atoms with Crippen molar-refractivity contribution in [1.82, 2.24) is 9.88 Å². The molecule has 0 N–H and O–H groups in total. The van der Waals surface area contributed by atoms with Gasteiger partial charge in [-0.1, -0.05) is 26.0 Å². The molecule has 2 aliphatic rings. The van der Waals surface area contributed by atoms with Crippen LogP contribution in [0, 0.1) is 18.8 Å². The van der Waals surface area contributed by atoms with Crippen LogP contribution in [0.3, 0.4) is 0 Å². The molecule has 166 valence electrons. The molecule has 0 radical (unpaired) electrons. The summed E-state index contributed by atoms with van der Waals surface area (Å²) in [6.07, 6.45) is 11.0. The lowest BCUT2D eigenvalue weighted by atomic mass is 9.79. The number of morpholine rings is 1. The first-order valence-corrected chi connectivity index (χ1v) is 11.1. The Morgan fingerprint density at radius 1 is 1.42 bits per heavy atom. The zero-order valence-electron chi connectivity index (χ0n) is 18.8. The number of allylic oxidation sites excluding steroid dienone is 3. The number of aryl methyl sites for hydroxylation is 1. The number of pyridine rings is 1. The highest BCUT2D eigenvalue weighted by atomic mass is 16.5. The summed E-state index contributed by atoms with van der Waals surface area (Å²) in [5.74, 6) is 1.41. The zero-order valence-corrected chi connectivity index (χ0v) is 18.8. The van der Waals surface area contributed by atoms with Crippen molar-refractivity contribution in [2.24, 2.45) is 16.8 Å². The first-order valence-electron chi connectivity index (χ1n) is 11.1. The van der Waals surface area contributed by atoms with E-state index < -0.39 is 0 Å². The molecule has 1 saturated heterocycles. The number of carbonyl (C=O) groups is 1. The van der Waals surface area contributed by atoms with Gasteiger partial charge in [-0.05, 0) is 68.0 Å². The summed E-state index contributed by atoms with van der Waals surface area (Å²) in [7, 11) is 0. The van der Waals surface area contributed by atoms with Gasteiger partial charge in [-0.25, -0.2) is 0 Å². The van der Waals surface area contributed by atoms with Crippen LogP contribution in [0.25, 0.3) is 0 Å². The van der Waals surface area contributed by atoms with Gasteiger partial charge in [0.2, 0.25) is 5.90 Å². The Kier molecular flexibility index (Phi) is 8.32. The lowest BCUT2D eigenvalue weighted by Crippen LogP contribution is -2.38. The van der Waals surface area contributed by atoms with Crippen molar-refractivity contribution in [2.75, 3.05) is 32.8 Å². The normalized spacial score (nSPS) is 22.5. The third kappa shape index (κ3) is 6.21. The van der Waals surface area contributed by atoms with Crippen LogP contribution in [0.15, 0.2) is 59.6 Å². The summed E-state index contributed by atoms with van der Waals surface area (Å²) in [6, 6.07) is 1.66. The molecule has 6 nitrogen and oxygen atoms in total. The molecule has 1 aliphatic carbocycles. The number of hydrogen-bond acceptors (Lipinski definition) is 5. The van der Waals surface area contributed by atoms with E-state index in [9.17, 15) is 4.79 Å². The monoisotopic (exact) mass is 423 g/mol. The van der Waals surface area contributed by atoms with E-state index >= 15 is 0 Å². The summed E-state index contributed by atoms with van der Waals surface area (Å²) in [4.78, 5) is 23.2. The number of carbonyl (C=O) groups excluding carboxylic acids is 1. The standard InChI is InChI=1S/C25H33N3O3/c1-5-20-16-21(15-18(3)22(20)8-10-28-11-13-30-14-12-28)31-24(6-2)27-25(29)23-7-9-26-17-19(23)4/h6-7,9,15-18,22H,2,5,8,10-14H2,1,3-4H3. The fourth-order valence-electron chi connectivity index (χ4n) is 4.18. The minimum Gasteiger partial charge on any atom is -0.439 e. The Bertz CT molecular complexity index is 882. The minimum atomic E-state index is -0.359. The summed E-state index contributed by atoms with van der Waals surface area (Å²) < 4.78 is 11.4. The SMILES string of the molecule is C=CC(=NC(=O)c1ccncc1C)OC1=CC(C)C(CCN2CCOCC2)C(CC)=C1. The number of hydrogen-bond donors (Lipinski definition) is 0. The van der Waals surface area contributed by atoms with Crippen molar-refractivity contribution >= 4 is 11.8 Å². The number of ether oxygens (including phenoxy) is 2. The summed E-state index contributed by atoms with van der Waals surface area (Å²) in [5.41, 5.74) is 2.66. The van der Waals surface area contributed by atoms with Crippen molar-refractivity contribution in [3.8, 4) is 0 Å². The van der Waals surface area contributed by atoms with Gasteiger partial charge in [0.25, 0.3) is 5.91 Å². The second kappa shape index (κ2) is 11.2. The summed E-state index contributed by atoms with van der Waals surface area (Å²) in [5, 5.41) is 0. The van der Waals surface area contributed by atoms with E-state index in [1.54, 1.807) is 18.5 Å². The van der Waals surface area contributed by atoms with E-state index in [1.165, 1.54) is 11.6 Å². The van der Waals surface area contributed by atoms with Gasteiger partial charge >= 0.3 is 0 Å². The molecule has 0 spiro atoms. The molecule has 2 atom stereocenters. The second-order valence-corrected chi connectivity index (χ2v) is 8.10. The molecule has 1 aromatic heterocycles. The van der Waals surface area contributed by atoms with Crippen LogP contribution in [0.4, 0.5) is 0 Å². The van der Waals surface area contributed by atoms with Crippen LogP contribution in [0.2, 0.25) is 0 Å². The maximum atomic E-state index is 12.6. The number of aliphatic imine (C=N–C) groups is 1. The third-order valence-electron chi connectivity index (χ3n) is 5.99. The van der Waals surface area contributed by atoms with Crippen molar-refractivity contribution in [2.45, 2.75) is 33.6 Å². The van der Waals surface area contributed by atoms with Gasteiger partial charge < -0.3 is 9.47 Å². The Labute approximate surface area is 185 Å². The second-order valence-electron chi connectivity index (χ2n) is 8.10. The van der Waals surface area contributed by atoms with Crippen molar-refractivity contribution < 1.29 is 14.3 Å². The van der Waals surface area contributed by atoms with Crippen LogP contribution in [-0.2, 0) is 9.47 Å². The fraction of sp³-hybridized carbons (Fsp3) is 0.480. The fourth-order valence-corrected chi connectivity index (χ4v) is 4.18. The topological polar surface area (TPSA) is 64.0 Å². The Morgan fingerprint density at radius 3 is 2.87 bits per heavy atom. The van der Waals surface area contributed by atoms with E-state index in [4.69, 9.17) is 9.47 Å². The molecule has 0 bridgehead atoms. The molecule has 1 aromatic rings. The van der Waals surface area contributed by atoms with Gasteiger partial charge in [0.05, 0.1) is 13.2 Å². The quantitative estimate of drug-likeness (QED) is 0.482. The average Bonchev–Trinajstić information content (AvgIpc) is 2.78. The van der Waals surface area contributed by atoms with Crippen LogP contribution in [-0.4, -0.2) is 54.5 Å². The van der Waals surface area contributed by atoms with Crippen LogP contribution in [0.1, 0.15) is 42.6 Å². The van der Waals surface area contributed by atoms with Crippen molar-refractivity contribution in [3.05, 3.63) is 65.7 Å². The van der Waals surface area contributed by atoms with Gasteiger partial charge in [0, 0.05) is 31.0 Å². The maximum Gasteiger partial charge on any atom is 0.280 e. The largest absolute Gasteiger partial charge is 0.439 e. The highest BCUT2D eigenvalue weighted by molar-refractivity contribution is 6.05. The van der Waals surface area contributed by atoms with E-state index in [1.807, 2.05) is 6.92 Å². The third-order valence-corrected chi connectivity index (χ3v) is 5.99. The number of amides is 1. The Morgan fingerprint density at radius 2 is 2.19 bits per heavy atom. The van der Waals surface area contributed by atoms with Gasteiger partial charge in [-0.15, -0.1) is 0 Å². The molecule has 0 aromatic carbocycles. The predicted molar refractivity (Wildman–Crippen MR) is 123 cm³/mol. The molecule has 3 rings (SSSR count). The van der Waals surface area contributed by atoms with Gasteiger partial charge in [0.1, 0.15) is 5.76 Å². The maximum absolute atomic E-state index is 12.6. The van der Waals surface area contributed by atoms with E-state index in [0.29, 0.717) is 17.4 Å². The zero-order chi connectivity index (χ0) is 22.2. The predicted octanol–water partition coefficient (Wildman–Crippen LogP) is 4.34. The molecule has 2 unspecified atom stereocenters. The van der Waals surface area contributed by atoms with E-state index in [0.717, 1.165) is 57.0 Å². The molecule has 31 heavy (non-hydrogen) atoms. The lowest BCUT2D eigenvalue weighted by molar-refractivity contribution is 0.0353. The lowest BCUT2D eigenvalue weighted by Gasteiger charge is -2.32.